The van der Waals surface area contributed by atoms with Crippen molar-refractivity contribution in [2.75, 3.05) is 26.0 Å². The van der Waals surface area contributed by atoms with Crippen LogP contribution in [0.3, 0.4) is 0 Å². The van der Waals surface area contributed by atoms with E-state index in [1.807, 2.05) is 31.1 Å². The zero-order valence-corrected chi connectivity index (χ0v) is 14.5. The van der Waals surface area contributed by atoms with Gasteiger partial charge in [0.2, 0.25) is 0 Å². The van der Waals surface area contributed by atoms with Crippen molar-refractivity contribution in [2.45, 2.75) is 19.4 Å². The van der Waals surface area contributed by atoms with Crippen molar-refractivity contribution in [3.8, 4) is 0 Å². The molecule has 0 saturated carbocycles. The van der Waals surface area contributed by atoms with E-state index in [2.05, 4.69) is 29.4 Å². The second-order valence-electron chi connectivity index (χ2n) is 5.94. The fraction of sp³-hybridized carbons (Fsp3) is 0.316. The number of rotatable bonds is 6. The van der Waals surface area contributed by atoms with Crippen molar-refractivity contribution in [1.82, 2.24) is 4.90 Å². The van der Waals surface area contributed by atoms with Crippen LogP contribution in [0.25, 0.3) is 0 Å². The number of benzene rings is 2. The van der Waals surface area contributed by atoms with E-state index in [4.69, 9.17) is 5.73 Å². The van der Waals surface area contributed by atoms with Crippen LogP contribution in [0.2, 0.25) is 0 Å². The van der Waals surface area contributed by atoms with E-state index in [-0.39, 0.29) is 11.9 Å². The van der Waals surface area contributed by atoms with E-state index >= 15 is 0 Å². The van der Waals surface area contributed by atoms with Crippen LogP contribution in [0.15, 0.2) is 53.5 Å². The van der Waals surface area contributed by atoms with Gasteiger partial charge < -0.3 is 16.0 Å². The molecule has 0 aliphatic heterocycles. The Kier molecular flexibility index (Phi) is 6.32. The van der Waals surface area contributed by atoms with E-state index in [1.165, 1.54) is 17.7 Å². The number of nitrogens with two attached hydrogens (primary N) is 1. The first-order valence-corrected chi connectivity index (χ1v) is 8.07. The minimum atomic E-state index is -0.239. The molecule has 1 unspecified atom stereocenters. The molecule has 0 spiro atoms. The molecule has 0 radical (unpaired) electrons. The molecule has 0 amide bonds. The van der Waals surface area contributed by atoms with Crippen LogP contribution in [-0.2, 0) is 6.42 Å². The molecule has 0 saturated heterocycles. The summed E-state index contributed by atoms with van der Waals surface area (Å²) >= 11 is 0. The fourth-order valence-corrected chi connectivity index (χ4v) is 2.49. The summed E-state index contributed by atoms with van der Waals surface area (Å²) in [5, 5.41) is 3.12. The predicted octanol–water partition coefficient (Wildman–Crippen LogP) is 3.42. The van der Waals surface area contributed by atoms with Crippen molar-refractivity contribution in [3.05, 3.63) is 65.5 Å². The molecule has 2 rings (SSSR count). The molecule has 0 aliphatic rings. The Balaban J connectivity index is 2.06. The number of nitrogens with zero attached hydrogens (tertiary/aromatic N) is 2. The first kappa shape index (κ1) is 17.9. The minimum Gasteiger partial charge on any atom is -0.370 e. The highest BCUT2D eigenvalue weighted by molar-refractivity contribution is 5.92. The predicted molar refractivity (Wildman–Crippen MR) is 98.8 cm³/mol. The second-order valence-corrected chi connectivity index (χ2v) is 5.94. The molecule has 3 N–H and O–H groups in total. The molecule has 24 heavy (non-hydrogen) atoms. The van der Waals surface area contributed by atoms with Gasteiger partial charge in [0.25, 0.3) is 0 Å². The molecular formula is C19H25FN4. The molecule has 4 nitrogen and oxygen atoms in total. The van der Waals surface area contributed by atoms with E-state index in [0.29, 0.717) is 12.5 Å². The minimum absolute atomic E-state index is 0.0351. The molecule has 0 aromatic heterocycles. The molecule has 2 aromatic carbocycles. The lowest BCUT2D eigenvalue weighted by molar-refractivity contribution is 0.306. The second kappa shape index (κ2) is 8.45. The van der Waals surface area contributed by atoms with Crippen LogP contribution in [-0.4, -0.2) is 31.5 Å². The summed E-state index contributed by atoms with van der Waals surface area (Å²) in [7, 11) is 3.94. The molecular weight excluding hydrogens is 303 g/mol. The third-order valence-corrected chi connectivity index (χ3v) is 3.92. The van der Waals surface area contributed by atoms with Crippen LogP contribution in [0.5, 0.6) is 0 Å². The van der Waals surface area contributed by atoms with Gasteiger partial charge in [-0.05, 0) is 55.9 Å². The van der Waals surface area contributed by atoms with E-state index in [9.17, 15) is 4.39 Å². The summed E-state index contributed by atoms with van der Waals surface area (Å²) in [5.74, 6) is 0.133. The average molecular weight is 328 g/mol. The topological polar surface area (TPSA) is 53.6 Å². The molecule has 0 heterocycles. The van der Waals surface area contributed by atoms with Gasteiger partial charge in [-0.1, -0.05) is 31.2 Å². The summed E-state index contributed by atoms with van der Waals surface area (Å²) in [6.07, 6.45) is 0.972. The van der Waals surface area contributed by atoms with Crippen molar-refractivity contribution < 1.29 is 4.39 Å². The van der Waals surface area contributed by atoms with Gasteiger partial charge in [-0.3, -0.25) is 4.99 Å². The molecule has 128 valence electrons. The summed E-state index contributed by atoms with van der Waals surface area (Å²) < 4.78 is 13.1. The van der Waals surface area contributed by atoms with Crippen molar-refractivity contribution in [2.24, 2.45) is 10.7 Å². The van der Waals surface area contributed by atoms with Crippen LogP contribution in [0.4, 0.5) is 10.1 Å². The summed E-state index contributed by atoms with van der Waals surface area (Å²) in [4.78, 5) is 6.49. The van der Waals surface area contributed by atoms with Gasteiger partial charge in [-0.25, -0.2) is 4.39 Å². The van der Waals surface area contributed by atoms with Gasteiger partial charge >= 0.3 is 0 Å². The number of likely N-dealkylation sites (N-methyl/N-ethyl adjacent to an activating group) is 1. The molecule has 0 fully saturated rings. The summed E-state index contributed by atoms with van der Waals surface area (Å²) in [6, 6.07) is 14.6. The van der Waals surface area contributed by atoms with Crippen LogP contribution in [0.1, 0.15) is 24.1 Å². The molecule has 0 aliphatic carbocycles. The lowest BCUT2D eigenvalue weighted by atomic mass is 10.1. The zero-order chi connectivity index (χ0) is 17.5. The lowest BCUT2D eigenvalue weighted by Crippen LogP contribution is -2.27. The third kappa shape index (κ3) is 5.06. The van der Waals surface area contributed by atoms with Crippen molar-refractivity contribution >= 4 is 11.6 Å². The molecule has 1 atom stereocenters. The SMILES string of the molecule is CCc1cccc(NC(N)=NCC(c2ccc(F)cc2)N(C)C)c1. The molecule has 2 aromatic rings. The van der Waals surface area contributed by atoms with E-state index in [1.54, 1.807) is 12.1 Å². The highest BCUT2D eigenvalue weighted by Gasteiger charge is 2.13. The smallest absolute Gasteiger partial charge is 0.193 e. The van der Waals surface area contributed by atoms with E-state index in [0.717, 1.165) is 17.7 Å². The highest BCUT2D eigenvalue weighted by Crippen LogP contribution is 2.19. The maximum Gasteiger partial charge on any atom is 0.193 e. The lowest BCUT2D eigenvalue weighted by Gasteiger charge is -2.23. The van der Waals surface area contributed by atoms with Crippen LogP contribution in [0, 0.1) is 5.82 Å². The van der Waals surface area contributed by atoms with Gasteiger partial charge in [0, 0.05) is 5.69 Å². The third-order valence-electron chi connectivity index (χ3n) is 3.92. The van der Waals surface area contributed by atoms with Gasteiger partial charge in [0.05, 0.1) is 12.6 Å². The molecule has 5 heteroatoms. The maximum atomic E-state index is 13.1. The Morgan fingerprint density at radius 2 is 1.92 bits per heavy atom. The fourth-order valence-electron chi connectivity index (χ4n) is 2.49. The van der Waals surface area contributed by atoms with Crippen LogP contribution < -0.4 is 11.1 Å². The Hall–Kier alpha value is -2.40. The average Bonchev–Trinajstić information content (AvgIpc) is 2.56. The van der Waals surface area contributed by atoms with Crippen LogP contribution >= 0.6 is 0 Å². The Morgan fingerprint density at radius 3 is 2.54 bits per heavy atom. The number of halogens is 1. The number of aryl methyl sites for hydroxylation is 1. The number of aliphatic imine (C=N–C) groups is 1. The number of nitrogens with one attached hydrogen (secondary N) is 1. The Labute approximate surface area is 143 Å². The van der Waals surface area contributed by atoms with Gasteiger partial charge in [0.15, 0.2) is 5.96 Å². The Bertz CT molecular complexity index is 680. The summed E-state index contributed by atoms with van der Waals surface area (Å²) in [6.45, 7) is 2.60. The van der Waals surface area contributed by atoms with Gasteiger partial charge in [-0.15, -0.1) is 0 Å². The quantitative estimate of drug-likeness (QED) is 0.631. The first-order valence-electron chi connectivity index (χ1n) is 8.07. The Morgan fingerprint density at radius 1 is 1.21 bits per heavy atom. The van der Waals surface area contributed by atoms with Crippen molar-refractivity contribution in [1.29, 1.82) is 0 Å². The first-order chi connectivity index (χ1) is 11.5. The monoisotopic (exact) mass is 328 g/mol. The normalized spacial score (nSPS) is 13.1. The number of hydrogen-bond donors (Lipinski definition) is 2. The van der Waals surface area contributed by atoms with Gasteiger partial charge in [-0.2, -0.15) is 0 Å². The summed E-state index contributed by atoms with van der Waals surface area (Å²) in [5.41, 5.74) is 9.18. The maximum absolute atomic E-state index is 13.1. The number of guanidine groups is 1. The number of anilines is 1. The standard InChI is InChI=1S/C19H25FN4/c1-4-14-6-5-7-17(12-14)23-19(21)22-13-18(24(2)3)15-8-10-16(20)11-9-15/h5-12,18H,4,13H2,1-3H3,(H3,21,22,23). The molecule has 0 bridgehead atoms. The number of hydrogen-bond acceptors (Lipinski definition) is 2. The zero-order valence-electron chi connectivity index (χ0n) is 14.5. The van der Waals surface area contributed by atoms with E-state index < -0.39 is 0 Å². The van der Waals surface area contributed by atoms with Crippen molar-refractivity contribution in [3.63, 3.8) is 0 Å². The van der Waals surface area contributed by atoms with Gasteiger partial charge in [0.1, 0.15) is 5.82 Å². The largest absolute Gasteiger partial charge is 0.370 e. The highest BCUT2D eigenvalue weighted by atomic mass is 19.1.